The number of hydrogen-bond acceptors (Lipinski definition) is 2. The maximum atomic E-state index is 12.2. The summed E-state index contributed by atoms with van der Waals surface area (Å²) in [6.45, 7) is 5.60. The monoisotopic (exact) mass is 273 g/mol. The van der Waals surface area contributed by atoms with Crippen molar-refractivity contribution in [3.63, 3.8) is 0 Å². The van der Waals surface area contributed by atoms with Crippen molar-refractivity contribution in [1.29, 1.82) is 0 Å². The molecule has 108 valence electrons. The highest BCUT2D eigenvalue weighted by Crippen LogP contribution is 2.41. The van der Waals surface area contributed by atoms with Crippen LogP contribution in [0.2, 0.25) is 0 Å². The predicted octanol–water partition coefficient (Wildman–Crippen LogP) is 3.24. The van der Waals surface area contributed by atoms with Crippen LogP contribution in [0.15, 0.2) is 18.2 Å². The molecule has 0 aliphatic carbocycles. The van der Waals surface area contributed by atoms with Crippen molar-refractivity contribution in [2.24, 2.45) is 0 Å². The first-order valence-electron chi connectivity index (χ1n) is 7.25. The standard InChI is InChI=1S/C17H23NO2/c1-12(19)7-5-6-8-13-9-10-15-14(11-13)17(2,3)16(20)18(15)4/h9-11H,5-8H2,1-4H3. The Morgan fingerprint density at radius 3 is 2.60 bits per heavy atom. The molecule has 1 aromatic rings. The second-order valence-corrected chi connectivity index (χ2v) is 6.25. The molecule has 2 rings (SSSR count). The van der Waals surface area contributed by atoms with Crippen LogP contribution in [0, 0.1) is 0 Å². The maximum absolute atomic E-state index is 12.2. The van der Waals surface area contributed by atoms with E-state index in [0.717, 1.165) is 30.5 Å². The Labute approximate surface area is 121 Å². The van der Waals surface area contributed by atoms with Crippen LogP contribution in [0.25, 0.3) is 0 Å². The Bertz CT molecular complexity index is 546. The number of benzene rings is 1. The number of hydrogen-bond donors (Lipinski definition) is 0. The van der Waals surface area contributed by atoms with Gasteiger partial charge in [-0.15, -0.1) is 0 Å². The number of likely N-dealkylation sites (N-methyl/N-ethyl adjacent to an activating group) is 1. The molecule has 1 aliphatic rings. The lowest BCUT2D eigenvalue weighted by molar-refractivity contribution is -0.121. The number of rotatable bonds is 5. The van der Waals surface area contributed by atoms with Crippen LogP contribution in [-0.4, -0.2) is 18.7 Å². The van der Waals surface area contributed by atoms with Crippen molar-refractivity contribution in [2.45, 2.75) is 51.9 Å². The molecule has 0 saturated carbocycles. The van der Waals surface area contributed by atoms with Gasteiger partial charge in [-0.3, -0.25) is 4.79 Å². The molecule has 0 bridgehead atoms. The molecule has 3 heteroatoms. The summed E-state index contributed by atoms with van der Waals surface area (Å²) in [4.78, 5) is 24.9. The first kappa shape index (κ1) is 14.8. The summed E-state index contributed by atoms with van der Waals surface area (Å²) >= 11 is 0. The molecule has 1 aromatic carbocycles. The lowest BCUT2D eigenvalue weighted by Gasteiger charge is -2.16. The number of amides is 1. The Balaban J connectivity index is 2.11. The number of carbonyl (C=O) groups is 2. The third-order valence-electron chi connectivity index (χ3n) is 4.18. The van der Waals surface area contributed by atoms with Gasteiger partial charge in [0.25, 0.3) is 0 Å². The SMILES string of the molecule is CC(=O)CCCCc1ccc2c(c1)C(C)(C)C(=O)N2C. The summed E-state index contributed by atoms with van der Waals surface area (Å²) < 4.78 is 0. The Morgan fingerprint density at radius 1 is 1.25 bits per heavy atom. The number of carbonyl (C=O) groups excluding carboxylic acids is 2. The summed E-state index contributed by atoms with van der Waals surface area (Å²) in [6, 6.07) is 6.30. The van der Waals surface area contributed by atoms with E-state index in [9.17, 15) is 9.59 Å². The molecule has 1 aliphatic heterocycles. The van der Waals surface area contributed by atoms with Crippen molar-refractivity contribution in [3.8, 4) is 0 Å². The Morgan fingerprint density at radius 2 is 1.95 bits per heavy atom. The van der Waals surface area contributed by atoms with Gasteiger partial charge in [-0.2, -0.15) is 0 Å². The number of nitrogens with zero attached hydrogens (tertiary/aromatic N) is 1. The minimum Gasteiger partial charge on any atom is -0.314 e. The van der Waals surface area contributed by atoms with E-state index in [1.54, 1.807) is 11.8 Å². The van der Waals surface area contributed by atoms with Crippen LogP contribution < -0.4 is 4.90 Å². The van der Waals surface area contributed by atoms with Crippen LogP contribution in [-0.2, 0) is 21.4 Å². The van der Waals surface area contributed by atoms with Gasteiger partial charge in [-0.05, 0) is 57.2 Å². The van der Waals surface area contributed by atoms with E-state index in [4.69, 9.17) is 0 Å². The quantitative estimate of drug-likeness (QED) is 0.772. The number of Topliss-reactive ketones (excluding diaryl/α,β-unsaturated/α-hetero) is 1. The molecule has 0 radical (unpaired) electrons. The summed E-state index contributed by atoms with van der Waals surface area (Å²) in [5.74, 6) is 0.411. The van der Waals surface area contributed by atoms with E-state index in [0.29, 0.717) is 6.42 Å². The fourth-order valence-corrected chi connectivity index (χ4v) is 2.88. The van der Waals surface area contributed by atoms with Crippen LogP contribution in [0.3, 0.4) is 0 Å². The van der Waals surface area contributed by atoms with Crippen LogP contribution in [0.1, 0.15) is 51.2 Å². The third kappa shape index (κ3) is 2.62. The molecule has 3 nitrogen and oxygen atoms in total. The number of fused-ring (bicyclic) bond motifs is 1. The fraction of sp³-hybridized carbons (Fsp3) is 0.529. The molecule has 0 atom stereocenters. The molecule has 1 amide bonds. The van der Waals surface area contributed by atoms with E-state index >= 15 is 0 Å². The van der Waals surface area contributed by atoms with Crippen molar-refractivity contribution in [1.82, 2.24) is 0 Å². The average molecular weight is 273 g/mol. The van der Waals surface area contributed by atoms with E-state index in [1.165, 1.54) is 5.56 Å². The highest BCUT2D eigenvalue weighted by molar-refractivity contribution is 6.07. The minimum atomic E-state index is -0.431. The summed E-state index contributed by atoms with van der Waals surface area (Å²) in [6.07, 6.45) is 3.59. The lowest BCUT2D eigenvalue weighted by atomic mass is 9.85. The summed E-state index contributed by atoms with van der Waals surface area (Å²) in [5.41, 5.74) is 2.96. The normalized spacial score (nSPS) is 16.4. The molecule has 0 N–H and O–H groups in total. The van der Waals surface area contributed by atoms with Gasteiger partial charge in [0.1, 0.15) is 5.78 Å². The minimum absolute atomic E-state index is 0.154. The zero-order valence-electron chi connectivity index (χ0n) is 12.8. The third-order valence-corrected chi connectivity index (χ3v) is 4.18. The highest BCUT2D eigenvalue weighted by atomic mass is 16.2. The van der Waals surface area contributed by atoms with Crippen molar-refractivity contribution >= 4 is 17.4 Å². The summed E-state index contributed by atoms with van der Waals surface area (Å²) in [5, 5.41) is 0. The molecule has 1 heterocycles. The topological polar surface area (TPSA) is 37.4 Å². The van der Waals surface area contributed by atoms with Crippen LogP contribution in [0.5, 0.6) is 0 Å². The predicted molar refractivity (Wildman–Crippen MR) is 81.1 cm³/mol. The first-order chi connectivity index (χ1) is 9.34. The molecule has 0 aromatic heterocycles. The van der Waals surface area contributed by atoms with E-state index in [2.05, 4.69) is 12.1 Å². The lowest BCUT2D eigenvalue weighted by Crippen LogP contribution is -2.33. The molecule has 0 unspecified atom stereocenters. The van der Waals surface area contributed by atoms with Gasteiger partial charge in [0, 0.05) is 19.2 Å². The van der Waals surface area contributed by atoms with Crippen LogP contribution >= 0.6 is 0 Å². The Kier molecular flexibility index (Phi) is 3.98. The molecule has 0 saturated heterocycles. The van der Waals surface area contributed by atoms with Crippen molar-refractivity contribution in [3.05, 3.63) is 29.3 Å². The number of unbranched alkanes of at least 4 members (excludes halogenated alkanes) is 1. The molecular formula is C17H23NO2. The van der Waals surface area contributed by atoms with E-state index in [1.807, 2.05) is 27.0 Å². The van der Waals surface area contributed by atoms with E-state index in [-0.39, 0.29) is 11.7 Å². The van der Waals surface area contributed by atoms with Crippen molar-refractivity contribution < 1.29 is 9.59 Å². The highest BCUT2D eigenvalue weighted by Gasteiger charge is 2.42. The van der Waals surface area contributed by atoms with E-state index < -0.39 is 5.41 Å². The van der Waals surface area contributed by atoms with Gasteiger partial charge < -0.3 is 9.69 Å². The number of anilines is 1. The van der Waals surface area contributed by atoms with Crippen molar-refractivity contribution in [2.75, 3.05) is 11.9 Å². The molecular weight excluding hydrogens is 250 g/mol. The maximum Gasteiger partial charge on any atom is 0.236 e. The second-order valence-electron chi connectivity index (χ2n) is 6.25. The van der Waals surface area contributed by atoms with Gasteiger partial charge in [-0.25, -0.2) is 0 Å². The molecule has 0 spiro atoms. The number of aryl methyl sites for hydroxylation is 1. The fourth-order valence-electron chi connectivity index (χ4n) is 2.88. The van der Waals surface area contributed by atoms with Gasteiger partial charge in [0.15, 0.2) is 0 Å². The zero-order chi connectivity index (χ0) is 14.9. The zero-order valence-corrected chi connectivity index (χ0v) is 12.8. The second kappa shape index (κ2) is 5.39. The van der Waals surface area contributed by atoms with Gasteiger partial charge in [-0.1, -0.05) is 12.1 Å². The Hall–Kier alpha value is -1.64. The molecule has 20 heavy (non-hydrogen) atoms. The first-order valence-corrected chi connectivity index (χ1v) is 7.25. The average Bonchev–Trinajstić information content (AvgIpc) is 2.56. The number of ketones is 1. The van der Waals surface area contributed by atoms with Gasteiger partial charge in [0.2, 0.25) is 5.91 Å². The largest absolute Gasteiger partial charge is 0.314 e. The van der Waals surface area contributed by atoms with Crippen LogP contribution in [0.4, 0.5) is 5.69 Å². The smallest absolute Gasteiger partial charge is 0.236 e. The van der Waals surface area contributed by atoms with Gasteiger partial charge >= 0.3 is 0 Å². The molecule has 0 fully saturated rings. The van der Waals surface area contributed by atoms with Gasteiger partial charge in [0.05, 0.1) is 5.41 Å². The summed E-state index contributed by atoms with van der Waals surface area (Å²) in [7, 11) is 1.84.